The fourth-order valence-corrected chi connectivity index (χ4v) is 3.93. The molecule has 0 radical (unpaired) electrons. The third kappa shape index (κ3) is 2.48. The van der Waals surface area contributed by atoms with E-state index in [1.54, 1.807) is 29.5 Å². The second-order valence-electron chi connectivity index (χ2n) is 7.35. The highest BCUT2D eigenvalue weighted by Gasteiger charge is 2.27. The van der Waals surface area contributed by atoms with Crippen molar-refractivity contribution < 1.29 is 0 Å². The van der Waals surface area contributed by atoms with Crippen molar-refractivity contribution in [3.05, 3.63) is 40.2 Å². The van der Waals surface area contributed by atoms with Gasteiger partial charge in [-0.3, -0.25) is 14.0 Å². The van der Waals surface area contributed by atoms with Gasteiger partial charge in [-0.2, -0.15) is 19.7 Å². The molecule has 144 valence electrons. The second-order valence-corrected chi connectivity index (χ2v) is 7.35. The van der Waals surface area contributed by atoms with Gasteiger partial charge in [-0.15, -0.1) is 10.2 Å². The average Bonchev–Trinajstić information content (AvgIpc) is 3.28. The van der Waals surface area contributed by atoms with E-state index in [2.05, 4.69) is 25.3 Å². The van der Waals surface area contributed by atoms with Gasteiger partial charge in [-0.25, -0.2) is 0 Å². The van der Waals surface area contributed by atoms with Crippen molar-refractivity contribution in [2.24, 2.45) is 14.1 Å². The molecule has 0 aliphatic carbocycles. The Bertz CT molecular complexity index is 1240. The van der Waals surface area contributed by atoms with E-state index in [-0.39, 0.29) is 11.5 Å². The minimum atomic E-state index is -0.0710. The summed E-state index contributed by atoms with van der Waals surface area (Å²) in [6.45, 7) is 3.54. The van der Waals surface area contributed by atoms with Gasteiger partial charge in [0.05, 0.1) is 11.9 Å². The smallest absolute Gasteiger partial charge is 0.265 e. The zero-order chi connectivity index (χ0) is 19.4. The van der Waals surface area contributed by atoms with Crippen molar-refractivity contribution in [2.75, 3.05) is 18.0 Å². The summed E-state index contributed by atoms with van der Waals surface area (Å²) in [5.41, 5.74) is 2.25. The van der Waals surface area contributed by atoms with Crippen LogP contribution in [0.25, 0.3) is 16.7 Å². The Morgan fingerprint density at radius 3 is 2.68 bits per heavy atom. The van der Waals surface area contributed by atoms with Crippen LogP contribution in [-0.4, -0.2) is 52.2 Å². The highest BCUT2D eigenvalue weighted by atomic mass is 16.1. The van der Waals surface area contributed by atoms with E-state index in [9.17, 15) is 4.79 Å². The Morgan fingerprint density at radius 1 is 1.11 bits per heavy atom. The lowest BCUT2D eigenvalue weighted by atomic mass is 9.96. The van der Waals surface area contributed by atoms with Crippen LogP contribution in [-0.2, 0) is 14.1 Å². The van der Waals surface area contributed by atoms with Gasteiger partial charge in [0.15, 0.2) is 17.1 Å². The van der Waals surface area contributed by atoms with Gasteiger partial charge in [0.2, 0.25) is 5.95 Å². The Kier molecular flexibility index (Phi) is 3.68. The van der Waals surface area contributed by atoms with Crippen LogP contribution in [0.15, 0.2) is 23.1 Å². The van der Waals surface area contributed by atoms with Crippen molar-refractivity contribution in [3.63, 3.8) is 0 Å². The molecule has 4 aromatic rings. The SMILES string of the molecule is Cc1ccc2nnc(C3CCN(c4nc5c(cnn5C)c(=O)n4C)CC3)n2n1. The molecule has 28 heavy (non-hydrogen) atoms. The zero-order valence-corrected chi connectivity index (χ0v) is 16.1. The van der Waals surface area contributed by atoms with Crippen LogP contribution < -0.4 is 10.5 Å². The predicted octanol–water partition coefficient (Wildman–Crippen LogP) is 0.797. The van der Waals surface area contributed by atoms with E-state index in [1.807, 2.05) is 23.6 Å². The molecule has 0 spiro atoms. The Balaban J connectivity index is 1.44. The number of rotatable bonds is 2. The summed E-state index contributed by atoms with van der Waals surface area (Å²) >= 11 is 0. The van der Waals surface area contributed by atoms with Crippen molar-refractivity contribution in [1.82, 2.24) is 39.1 Å². The first-order chi connectivity index (χ1) is 13.5. The average molecular weight is 379 g/mol. The fourth-order valence-electron chi connectivity index (χ4n) is 3.93. The maximum Gasteiger partial charge on any atom is 0.265 e. The van der Waals surface area contributed by atoms with Gasteiger partial charge in [0, 0.05) is 33.1 Å². The maximum atomic E-state index is 12.6. The van der Waals surface area contributed by atoms with E-state index in [0.717, 1.165) is 43.1 Å². The number of nitrogens with zero attached hydrogens (tertiary/aromatic N) is 9. The van der Waals surface area contributed by atoms with Crippen LogP contribution in [0.2, 0.25) is 0 Å². The molecule has 0 aromatic carbocycles. The van der Waals surface area contributed by atoms with Gasteiger partial charge in [-0.1, -0.05) is 0 Å². The monoisotopic (exact) mass is 379 g/mol. The molecule has 0 bridgehead atoms. The number of aromatic nitrogens is 8. The molecule has 4 aromatic heterocycles. The van der Waals surface area contributed by atoms with Gasteiger partial charge in [0.25, 0.3) is 5.56 Å². The van der Waals surface area contributed by atoms with Crippen molar-refractivity contribution in [3.8, 4) is 0 Å². The molecule has 0 unspecified atom stereocenters. The summed E-state index contributed by atoms with van der Waals surface area (Å²) in [5.74, 6) is 1.86. The number of anilines is 1. The third-order valence-electron chi connectivity index (χ3n) is 5.51. The first-order valence-corrected chi connectivity index (χ1v) is 9.35. The van der Waals surface area contributed by atoms with Crippen LogP contribution in [0.1, 0.15) is 30.3 Å². The Hall–Kier alpha value is -3.30. The zero-order valence-electron chi connectivity index (χ0n) is 16.1. The van der Waals surface area contributed by atoms with Crippen LogP contribution in [0, 0.1) is 6.92 Å². The molecule has 0 N–H and O–H groups in total. The fraction of sp³-hybridized carbons (Fsp3) is 0.444. The molecule has 1 aliphatic rings. The van der Waals surface area contributed by atoms with Gasteiger partial charge >= 0.3 is 0 Å². The third-order valence-corrected chi connectivity index (χ3v) is 5.51. The molecular weight excluding hydrogens is 358 g/mol. The number of aryl methyl sites for hydroxylation is 2. The van der Waals surface area contributed by atoms with Crippen molar-refractivity contribution in [1.29, 1.82) is 0 Å². The second kappa shape index (κ2) is 6.11. The summed E-state index contributed by atoms with van der Waals surface area (Å²) in [5, 5.41) is 17.9. The lowest BCUT2D eigenvalue weighted by Gasteiger charge is -2.32. The molecule has 10 nitrogen and oxygen atoms in total. The summed E-state index contributed by atoms with van der Waals surface area (Å²) in [7, 11) is 3.57. The number of hydrogen-bond donors (Lipinski definition) is 0. The number of fused-ring (bicyclic) bond motifs is 2. The minimum absolute atomic E-state index is 0.0710. The van der Waals surface area contributed by atoms with E-state index >= 15 is 0 Å². The van der Waals surface area contributed by atoms with Gasteiger partial charge < -0.3 is 4.90 Å². The van der Waals surface area contributed by atoms with E-state index in [0.29, 0.717) is 17.0 Å². The molecule has 1 fully saturated rings. The van der Waals surface area contributed by atoms with Crippen molar-refractivity contribution >= 4 is 22.6 Å². The van der Waals surface area contributed by atoms with Crippen LogP contribution in [0.3, 0.4) is 0 Å². The number of hydrogen-bond acceptors (Lipinski definition) is 7. The number of piperidine rings is 1. The summed E-state index contributed by atoms with van der Waals surface area (Å²) in [6, 6.07) is 3.88. The lowest BCUT2D eigenvalue weighted by Crippen LogP contribution is -2.38. The molecular formula is C18H21N9O. The summed E-state index contributed by atoms with van der Waals surface area (Å²) in [4.78, 5) is 19.5. The highest BCUT2D eigenvalue weighted by molar-refractivity contribution is 5.74. The largest absolute Gasteiger partial charge is 0.342 e. The first kappa shape index (κ1) is 16.8. The standard InChI is InChI=1S/C18H21N9O/c1-11-4-5-14-21-22-15(27(14)23-11)12-6-8-26(9-7-12)18-20-16-13(10-19-25(16)3)17(28)24(18)2/h4-5,10,12H,6-9H2,1-3H3. The minimum Gasteiger partial charge on any atom is -0.342 e. The van der Waals surface area contributed by atoms with E-state index in [1.165, 1.54) is 0 Å². The summed E-state index contributed by atoms with van der Waals surface area (Å²) in [6.07, 6.45) is 3.37. The van der Waals surface area contributed by atoms with E-state index < -0.39 is 0 Å². The Labute approximate surface area is 160 Å². The van der Waals surface area contributed by atoms with Crippen LogP contribution in [0.5, 0.6) is 0 Å². The molecule has 10 heteroatoms. The molecule has 1 saturated heterocycles. The molecule has 5 rings (SSSR count). The topological polar surface area (TPSA) is 99.0 Å². The Morgan fingerprint density at radius 2 is 1.89 bits per heavy atom. The van der Waals surface area contributed by atoms with Crippen LogP contribution >= 0.6 is 0 Å². The molecule has 0 saturated carbocycles. The lowest BCUT2D eigenvalue weighted by molar-refractivity contribution is 0.468. The first-order valence-electron chi connectivity index (χ1n) is 9.35. The van der Waals surface area contributed by atoms with E-state index in [4.69, 9.17) is 4.98 Å². The van der Waals surface area contributed by atoms with Gasteiger partial charge in [0.1, 0.15) is 5.39 Å². The highest BCUT2D eigenvalue weighted by Crippen LogP contribution is 2.29. The predicted molar refractivity (Wildman–Crippen MR) is 103 cm³/mol. The normalized spacial score (nSPS) is 15.8. The van der Waals surface area contributed by atoms with Crippen LogP contribution in [0.4, 0.5) is 5.95 Å². The molecule has 5 heterocycles. The van der Waals surface area contributed by atoms with Gasteiger partial charge in [-0.05, 0) is 31.9 Å². The van der Waals surface area contributed by atoms with Crippen molar-refractivity contribution in [2.45, 2.75) is 25.7 Å². The molecule has 0 atom stereocenters. The quantitative estimate of drug-likeness (QED) is 0.508. The molecule has 1 aliphatic heterocycles. The summed E-state index contributed by atoms with van der Waals surface area (Å²) < 4.78 is 5.11. The molecule has 0 amide bonds. The maximum absolute atomic E-state index is 12.6.